The number of hydrogen-bond acceptors (Lipinski definition) is 7. The number of carbonyl (C=O) groups excluding carboxylic acids is 3. The van der Waals surface area contributed by atoms with Crippen molar-refractivity contribution in [2.24, 2.45) is 11.8 Å². The van der Waals surface area contributed by atoms with Gasteiger partial charge >= 0.3 is 11.9 Å². The van der Waals surface area contributed by atoms with Gasteiger partial charge in [-0.15, -0.1) is 0 Å². The van der Waals surface area contributed by atoms with Crippen molar-refractivity contribution in [3.05, 3.63) is 24.3 Å². The molecule has 1 aliphatic heterocycles. The molecule has 0 aromatic carbocycles. The van der Waals surface area contributed by atoms with Crippen molar-refractivity contribution in [3.8, 4) is 0 Å². The van der Waals surface area contributed by atoms with Crippen LogP contribution in [0.1, 0.15) is 52.9 Å². The Morgan fingerprint density at radius 3 is 2.48 bits per heavy atom. The van der Waals surface area contributed by atoms with E-state index >= 15 is 0 Å². The number of aliphatic hydroxyl groups is 2. The number of carbonyl (C=O) groups is 4. The minimum absolute atomic E-state index is 0.0120. The van der Waals surface area contributed by atoms with Gasteiger partial charge < -0.3 is 20.1 Å². The number of carboxylic acid groups (broad SMARTS) is 1. The van der Waals surface area contributed by atoms with Crippen LogP contribution < -0.4 is 0 Å². The first-order chi connectivity index (χ1) is 13.4. The van der Waals surface area contributed by atoms with Crippen molar-refractivity contribution in [3.63, 3.8) is 0 Å². The summed E-state index contributed by atoms with van der Waals surface area (Å²) in [7, 11) is 0. The van der Waals surface area contributed by atoms with Crippen LogP contribution in [0, 0.1) is 11.8 Å². The number of ketones is 2. The van der Waals surface area contributed by atoms with Crippen LogP contribution in [0.5, 0.6) is 0 Å². The standard InChI is InChI=1S/C21H30O8/c1-5-13(3)18(24)21(28,20(26)27)10-6-7-12(2)8-9-15(22)17-16(23)11-14(4)29-19(17)25/h6,10,13-14,17-18,24,28H,2,5,7-9,11H2,1,3-4H3,(H,26,27)/b10-6+/t13-,14+,17?,18+,21-/m0/s1. The highest BCUT2D eigenvalue weighted by Crippen LogP contribution is 2.24. The third kappa shape index (κ3) is 6.33. The molecule has 0 saturated carbocycles. The zero-order valence-corrected chi connectivity index (χ0v) is 17.1. The van der Waals surface area contributed by atoms with Gasteiger partial charge in [-0.1, -0.05) is 38.5 Å². The van der Waals surface area contributed by atoms with Gasteiger partial charge in [0.15, 0.2) is 17.5 Å². The van der Waals surface area contributed by atoms with Crippen molar-refractivity contribution in [2.75, 3.05) is 0 Å². The molecule has 8 nitrogen and oxygen atoms in total. The number of hydrogen-bond donors (Lipinski definition) is 3. The summed E-state index contributed by atoms with van der Waals surface area (Å²) in [6.45, 7) is 8.78. The molecule has 0 aromatic heterocycles. The quantitative estimate of drug-likeness (QED) is 0.265. The molecule has 1 rings (SSSR count). The smallest absolute Gasteiger partial charge is 0.342 e. The van der Waals surface area contributed by atoms with Crippen LogP contribution in [0.25, 0.3) is 0 Å². The normalized spacial score (nSPS) is 23.9. The van der Waals surface area contributed by atoms with Crippen LogP contribution in [0.4, 0.5) is 0 Å². The van der Waals surface area contributed by atoms with Gasteiger partial charge in [0.2, 0.25) is 5.60 Å². The molecule has 0 amide bonds. The zero-order valence-electron chi connectivity index (χ0n) is 17.1. The van der Waals surface area contributed by atoms with Gasteiger partial charge in [-0.25, -0.2) is 4.79 Å². The third-order valence-electron chi connectivity index (χ3n) is 5.17. The summed E-state index contributed by atoms with van der Waals surface area (Å²) in [4.78, 5) is 47.4. The minimum Gasteiger partial charge on any atom is -0.479 e. The molecular weight excluding hydrogens is 380 g/mol. The monoisotopic (exact) mass is 410 g/mol. The number of allylic oxidation sites excluding steroid dienone is 2. The van der Waals surface area contributed by atoms with Gasteiger partial charge in [-0.3, -0.25) is 14.4 Å². The lowest BCUT2D eigenvalue weighted by molar-refractivity contribution is -0.167. The summed E-state index contributed by atoms with van der Waals surface area (Å²) in [5, 5.41) is 29.8. The van der Waals surface area contributed by atoms with E-state index in [1.807, 2.05) is 0 Å². The Morgan fingerprint density at radius 1 is 1.34 bits per heavy atom. The largest absolute Gasteiger partial charge is 0.479 e. The Morgan fingerprint density at radius 2 is 1.97 bits per heavy atom. The SMILES string of the molecule is C=C(C/C=C/[C@@](O)(C(=O)O)[C@H](O)[C@@H](C)CC)CCC(=O)C1C(=O)C[C@@H](C)OC1=O. The van der Waals surface area contributed by atoms with Crippen LogP contribution in [0.3, 0.4) is 0 Å². The predicted octanol–water partition coefficient (Wildman–Crippen LogP) is 1.58. The highest BCUT2D eigenvalue weighted by molar-refractivity contribution is 6.18. The van der Waals surface area contributed by atoms with Crippen LogP contribution in [-0.4, -0.2) is 56.6 Å². The molecule has 1 heterocycles. The Balaban J connectivity index is 2.63. The molecule has 8 heteroatoms. The highest BCUT2D eigenvalue weighted by atomic mass is 16.5. The van der Waals surface area contributed by atoms with Crippen LogP contribution in [0.2, 0.25) is 0 Å². The lowest BCUT2D eigenvalue weighted by atomic mass is 9.85. The minimum atomic E-state index is -2.43. The molecule has 0 radical (unpaired) electrons. The second-order valence-electron chi connectivity index (χ2n) is 7.63. The fourth-order valence-corrected chi connectivity index (χ4v) is 3.06. The van der Waals surface area contributed by atoms with Crippen molar-refractivity contribution in [1.82, 2.24) is 0 Å². The average Bonchev–Trinajstić information content (AvgIpc) is 2.63. The Labute approximate surface area is 170 Å². The summed E-state index contributed by atoms with van der Waals surface area (Å²) in [6, 6.07) is 0. The number of aliphatic carboxylic acids is 1. The molecule has 1 fully saturated rings. The van der Waals surface area contributed by atoms with E-state index in [0.717, 1.165) is 6.08 Å². The molecule has 0 spiro atoms. The lowest BCUT2D eigenvalue weighted by Gasteiger charge is -2.29. The van der Waals surface area contributed by atoms with Gasteiger partial charge in [0.05, 0.1) is 6.10 Å². The maximum atomic E-state index is 12.2. The molecule has 3 N–H and O–H groups in total. The van der Waals surface area contributed by atoms with Gasteiger partial charge in [-0.05, 0) is 31.8 Å². The third-order valence-corrected chi connectivity index (χ3v) is 5.17. The molecule has 0 aliphatic carbocycles. The number of aliphatic hydroxyl groups excluding tert-OH is 1. The van der Waals surface area contributed by atoms with E-state index in [0.29, 0.717) is 12.0 Å². The van der Waals surface area contributed by atoms with E-state index in [-0.39, 0.29) is 25.7 Å². The number of ether oxygens (including phenoxy) is 1. The topological polar surface area (TPSA) is 138 Å². The number of carboxylic acids is 1. The van der Waals surface area contributed by atoms with Gasteiger partial charge in [0.1, 0.15) is 6.10 Å². The predicted molar refractivity (Wildman–Crippen MR) is 104 cm³/mol. The highest BCUT2D eigenvalue weighted by Gasteiger charge is 2.43. The van der Waals surface area contributed by atoms with E-state index in [1.54, 1.807) is 20.8 Å². The number of Topliss-reactive ketones (excluding diaryl/α,β-unsaturated/α-hetero) is 2. The molecule has 29 heavy (non-hydrogen) atoms. The second kappa shape index (κ2) is 10.5. The number of cyclic esters (lactones) is 1. The first-order valence-electron chi connectivity index (χ1n) is 9.68. The summed E-state index contributed by atoms with van der Waals surface area (Å²) in [6.07, 6.45) is 1.14. The van der Waals surface area contributed by atoms with Gasteiger partial charge in [0.25, 0.3) is 0 Å². The first-order valence-corrected chi connectivity index (χ1v) is 9.68. The van der Waals surface area contributed by atoms with E-state index in [9.17, 15) is 34.5 Å². The molecular formula is C21H30O8. The fraction of sp³-hybridized carbons (Fsp3) is 0.619. The zero-order chi connectivity index (χ0) is 22.4. The molecule has 0 bridgehead atoms. The summed E-state index contributed by atoms with van der Waals surface area (Å²) >= 11 is 0. The maximum absolute atomic E-state index is 12.2. The summed E-state index contributed by atoms with van der Waals surface area (Å²) in [5.74, 6) is -5.20. The Hall–Kier alpha value is -2.32. The van der Waals surface area contributed by atoms with Crippen molar-refractivity contribution in [1.29, 1.82) is 0 Å². The van der Waals surface area contributed by atoms with Gasteiger partial charge in [-0.2, -0.15) is 0 Å². The van der Waals surface area contributed by atoms with Crippen molar-refractivity contribution >= 4 is 23.5 Å². The Bertz CT molecular complexity index is 677. The van der Waals surface area contributed by atoms with E-state index in [4.69, 9.17) is 4.74 Å². The van der Waals surface area contributed by atoms with E-state index in [2.05, 4.69) is 6.58 Å². The number of esters is 1. The Kier molecular flexibility index (Phi) is 8.91. The molecule has 1 saturated heterocycles. The molecule has 0 aromatic rings. The number of rotatable bonds is 11. The molecule has 1 aliphatic rings. The second-order valence-corrected chi connectivity index (χ2v) is 7.63. The molecule has 1 unspecified atom stereocenters. The van der Waals surface area contributed by atoms with E-state index < -0.39 is 53.1 Å². The summed E-state index contributed by atoms with van der Waals surface area (Å²) in [5.41, 5.74) is -1.88. The van der Waals surface area contributed by atoms with Crippen LogP contribution >= 0.6 is 0 Å². The van der Waals surface area contributed by atoms with Crippen molar-refractivity contribution < 1.29 is 39.2 Å². The molecule has 162 valence electrons. The molecule has 5 atom stereocenters. The van der Waals surface area contributed by atoms with Crippen LogP contribution in [0.15, 0.2) is 24.3 Å². The fourth-order valence-electron chi connectivity index (χ4n) is 3.06. The van der Waals surface area contributed by atoms with E-state index in [1.165, 1.54) is 6.08 Å². The average molecular weight is 410 g/mol. The van der Waals surface area contributed by atoms with Gasteiger partial charge in [0, 0.05) is 12.8 Å². The van der Waals surface area contributed by atoms with Crippen LogP contribution in [-0.2, 0) is 23.9 Å². The lowest BCUT2D eigenvalue weighted by Crippen LogP contribution is -2.50. The first kappa shape index (κ1) is 24.7. The maximum Gasteiger partial charge on any atom is 0.342 e. The summed E-state index contributed by atoms with van der Waals surface area (Å²) < 4.78 is 4.95. The van der Waals surface area contributed by atoms with Crippen molar-refractivity contribution in [2.45, 2.75) is 70.7 Å².